The van der Waals surface area contributed by atoms with Crippen molar-refractivity contribution in [3.05, 3.63) is 70.3 Å². The first-order valence-electron chi connectivity index (χ1n) is 8.08. The molecule has 0 aliphatic rings. The van der Waals surface area contributed by atoms with Gasteiger partial charge in [-0.25, -0.2) is 17.2 Å². The summed E-state index contributed by atoms with van der Waals surface area (Å²) in [5.74, 6) is -3.19. The van der Waals surface area contributed by atoms with E-state index in [1.165, 1.54) is 13.0 Å². The Morgan fingerprint density at radius 1 is 1.12 bits per heavy atom. The molecule has 0 saturated heterocycles. The summed E-state index contributed by atoms with van der Waals surface area (Å²) < 4.78 is 51.3. The summed E-state index contributed by atoms with van der Waals surface area (Å²) in [5, 5.41) is 2.44. The molecule has 1 atom stereocenters. The largest absolute Gasteiger partial charge is 0.349 e. The van der Waals surface area contributed by atoms with Gasteiger partial charge in [0.2, 0.25) is 5.91 Å². The van der Waals surface area contributed by atoms with Crippen molar-refractivity contribution in [1.82, 2.24) is 5.32 Å². The Morgan fingerprint density at radius 2 is 1.81 bits per heavy atom. The molecule has 0 unspecified atom stereocenters. The van der Waals surface area contributed by atoms with Crippen LogP contribution < -0.4 is 5.32 Å². The number of aryl methyl sites for hydroxylation is 2. The van der Waals surface area contributed by atoms with Crippen LogP contribution >= 0.6 is 0 Å². The lowest BCUT2D eigenvalue weighted by molar-refractivity contribution is -0.119. The van der Waals surface area contributed by atoms with Crippen LogP contribution in [0.5, 0.6) is 0 Å². The van der Waals surface area contributed by atoms with E-state index in [1.807, 2.05) is 26.0 Å². The number of hydrogen-bond acceptors (Lipinski definition) is 3. The lowest BCUT2D eigenvalue weighted by Crippen LogP contribution is -2.33. The highest BCUT2D eigenvalue weighted by atomic mass is 32.2. The van der Waals surface area contributed by atoms with E-state index in [0.29, 0.717) is 5.56 Å². The van der Waals surface area contributed by atoms with Gasteiger partial charge in [0.05, 0.1) is 11.8 Å². The zero-order valence-corrected chi connectivity index (χ0v) is 15.7. The number of halogens is 2. The first-order valence-corrected chi connectivity index (χ1v) is 9.90. The third-order valence-electron chi connectivity index (χ3n) is 4.04. The van der Waals surface area contributed by atoms with Crippen LogP contribution in [-0.2, 0) is 20.4 Å². The van der Waals surface area contributed by atoms with Crippen molar-refractivity contribution in [2.24, 2.45) is 0 Å². The fourth-order valence-corrected chi connectivity index (χ4v) is 4.03. The molecule has 2 rings (SSSR count). The van der Waals surface area contributed by atoms with Crippen molar-refractivity contribution in [2.45, 2.75) is 32.6 Å². The van der Waals surface area contributed by atoms with E-state index in [-0.39, 0.29) is 11.3 Å². The number of carbonyl (C=O) groups is 1. The van der Waals surface area contributed by atoms with Gasteiger partial charge in [-0.3, -0.25) is 4.79 Å². The van der Waals surface area contributed by atoms with Crippen molar-refractivity contribution in [2.75, 3.05) is 5.75 Å². The van der Waals surface area contributed by atoms with Crippen molar-refractivity contribution in [3.8, 4) is 0 Å². The quantitative estimate of drug-likeness (QED) is 0.834. The molecule has 26 heavy (non-hydrogen) atoms. The molecule has 0 aliphatic heterocycles. The third-order valence-corrected chi connectivity index (χ3v) is 5.49. The summed E-state index contributed by atoms with van der Waals surface area (Å²) in [6, 6.07) is 7.74. The van der Waals surface area contributed by atoms with E-state index in [2.05, 4.69) is 5.32 Å². The van der Waals surface area contributed by atoms with E-state index >= 15 is 0 Å². The van der Waals surface area contributed by atoms with Crippen LogP contribution in [0.1, 0.15) is 35.2 Å². The first kappa shape index (κ1) is 20.0. The Morgan fingerprint density at radius 3 is 2.46 bits per heavy atom. The standard InChI is InChI=1S/C19H21F2NO3S/c1-12-4-5-13(2)15(8-12)10-26(24,25)11-19(23)22-14(3)17-7-6-16(20)9-18(17)21/h4-9,14H,10-11H2,1-3H3,(H,22,23)/t14-/m0/s1. The molecule has 2 aromatic rings. The van der Waals surface area contributed by atoms with Gasteiger partial charge >= 0.3 is 0 Å². The fraction of sp³-hybridized carbons (Fsp3) is 0.316. The van der Waals surface area contributed by atoms with Crippen LogP contribution in [0.25, 0.3) is 0 Å². The molecule has 2 aromatic carbocycles. The predicted molar refractivity (Wildman–Crippen MR) is 96.3 cm³/mol. The van der Waals surface area contributed by atoms with E-state index in [1.54, 1.807) is 6.07 Å². The van der Waals surface area contributed by atoms with Gasteiger partial charge in [-0.1, -0.05) is 29.8 Å². The SMILES string of the molecule is Cc1ccc(C)c(CS(=O)(=O)CC(=O)N[C@@H](C)c2ccc(F)cc2F)c1. The van der Waals surface area contributed by atoms with Crippen LogP contribution in [0.4, 0.5) is 8.78 Å². The zero-order chi connectivity index (χ0) is 19.5. The molecule has 140 valence electrons. The number of hydrogen-bond donors (Lipinski definition) is 1. The highest BCUT2D eigenvalue weighted by molar-refractivity contribution is 7.91. The highest BCUT2D eigenvalue weighted by Gasteiger charge is 2.21. The van der Waals surface area contributed by atoms with Crippen LogP contribution in [0.2, 0.25) is 0 Å². The summed E-state index contributed by atoms with van der Waals surface area (Å²) in [5.41, 5.74) is 2.51. The van der Waals surface area contributed by atoms with Crippen molar-refractivity contribution < 1.29 is 22.0 Å². The van der Waals surface area contributed by atoms with Gasteiger partial charge in [0.1, 0.15) is 17.4 Å². The molecular formula is C19H21F2NO3S. The topological polar surface area (TPSA) is 63.2 Å². The molecular weight excluding hydrogens is 360 g/mol. The van der Waals surface area contributed by atoms with Gasteiger partial charge in [0.25, 0.3) is 0 Å². The summed E-state index contributed by atoms with van der Waals surface area (Å²) in [6.45, 7) is 5.18. The number of sulfone groups is 1. The Kier molecular flexibility index (Phi) is 6.13. The summed E-state index contributed by atoms with van der Waals surface area (Å²) in [7, 11) is -3.68. The second-order valence-corrected chi connectivity index (χ2v) is 8.48. The maximum atomic E-state index is 13.7. The number of amides is 1. The van der Waals surface area contributed by atoms with Gasteiger partial charge in [0.15, 0.2) is 9.84 Å². The molecule has 0 spiro atoms. The minimum Gasteiger partial charge on any atom is -0.349 e. The second kappa shape index (κ2) is 7.95. The maximum Gasteiger partial charge on any atom is 0.235 e. The first-order chi connectivity index (χ1) is 12.1. The van der Waals surface area contributed by atoms with Gasteiger partial charge in [0, 0.05) is 11.6 Å². The molecule has 0 aliphatic carbocycles. The lowest BCUT2D eigenvalue weighted by Gasteiger charge is -2.15. The van der Waals surface area contributed by atoms with Crippen LogP contribution in [0, 0.1) is 25.5 Å². The molecule has 0 heterocycles. The third kappa shape index (κ3) is 5.36. The van der Waals surface area contributed by atoms with Crippen molar-refractivity contribution in [3.63, 3.8) is 0 Å². The van der Waals surface area contributed by atoms with Gasteiger partial charge < -0.3 is 5.32 Å². The molecule has 0 bridgehead atoms. The molecule has 0 radical (unpaired) electrons. The molecule has 0 fully saturated rings. The van der Waals surface area contributed by atoms with Gasteiger partial charge in [-0.2, -0.15) is 0 Å². The van der Waals surface area contributed by atoms with Crippen molar-refractivity contribution >= 4 is 15.7 Å². The van der Waals surface area contributed by atoms with E-state index in [0.717, 1.165) is 23.3 Å². The zero-order valence-electron chi connectivity index (χ0n) is 14.8. The molecule has 4 nitrogen and oxygen atoms in total. The average Bonchev–Trinajstić information content (AvgIpc) is 2.49. The smallest absolute Gasteiger partial charge is 0.235 e. The van der Waals surface area contributed by atoms with E-state index in [9.17, 15) is 22.0 Å². The van der Waals surface area contributed by atoms with Crippen LogP contribution in [-0.4, -0.2) is 20.1 Å². The second-order valence-electron chi connectivity index (χ2n) is 6.42. The monoisotopic (exact) mass is 381 g/mol. The van der Waals surface area contributed by atoms with E-state index in [4.69, 9.17) is 0 Å². The fourth-order valence-electron chi connectivity index (χ4n) is 2.66. The van der Waals surface area contributed by atoms with Crippen molar-refractivity contribution in [1.29, 1.82) is 0 Å². The minimum atomic E-state index is -3.68. The lowest BCUT2D eigenvalue weighted by atomic mass is 10.1. The predicted octanol–water partition coefficient (Wildman–Crippen LogP) is 3.37. The average molecular weight is 381 g/mol. The Labute approximate surface area is 152 Å². The number of benzene rings is 2. The molecule has 7 heteroatoms. The Hall–Kier alpha value is -2.28. The van der Waals surface area contributed by atoms with E-state index < -0.39 is 39.2 Å². The molecule has 0 saturated carbocycles. The minimum absolute atomic E-state index is 0.0895. The maximum absolute atomic E-state index is 13.7. The summed E-state index contributed by atoms with van der Waals surface area (Å²) in [6.07, 6.45) is 0. The number of carbonyl (C=O) groups excluding carboxylic acids is 1. The number of nitrogens with one attached hydrogen (secondary N) is 1. The molecule has 1 amide bonds. The van der Waals surface area contributed by atoms with Gasteiger partial charge in [-0.05, 0) is 38.0 Å². The summed E-state index contributed by atoms with van der Waals surface area (Å²) >= 11 is 0. The van der Waals surface area contributed by atoms with Gasteiger partial charge in [-0.15, -0.1) is 0 Å². The normalized spacial score (nSPS) is 12.7. The highest BCUT2D eigenvalue weighted by Crippen LogP contribution is 2.18. The molecule has 1 N–H and O–H groups in total. The Balaban J connectivity index is 2.04. The molecule has 0 aromatic heterocycles. The number of rotatable bonds is 6. The van der Waals surface area contributed by atoms with Crippen LogP contribution in [0.3, 0.4) is 0 Å². The Bertz CT molecular complexity index is 926. The summed E-state index contributed by atoms with van der Waals surface area (Å²) in [4.78, 5) is 12.1. The van der Waals surface area contributed by atoms with Crippen LogP contribution in [0.15, 0.2) is 36.4 Å².